The largest absolute Gasteiger partial charge is 0.458 e. The Kier molecular flexibility index (Phi) is 5.28. The van der Waals surface area contributed by atoms with E-state index in [0.29, 0.717) is 5.57 Å². The maximum atomic E-state index is 12.3. The van der Waals surface area contributed by atoms with Crippen LogP contribution in [0.15, 0.2) is 11.8 Å². The van der Waals surface area contributed by atoms with Crippen LogP contribution in [0.25, 0.3) is 0 Å². The molecule has 0 spiro atoms. The molecule has 0 aromatic heterocycles. The van der Waals surface area contributed by atoms with Crippen molar-refractivity contribution in [3.63, 3.8) is 0 Å². The molecule has 0 saturated heterocycles. The summed E-state index contributed by atoms with van der Waals surface area (Å²) in [5.41, 5.74) is -0.719. The van der Waals surface area contributed by atoms with Crippen LogP contribution in [-0.2, 0) is 14.3 Å². The van der Waals surface area contributed by atoms with Crippen molar-refractivity contribution < 1.29 is 24.2 Å². The highest BCUT2D eigenvalue weighted by Gasteiger charge is 2.40. The number of hydrogen-bond acceptors (Lipinski definition) is 5. The lowest BCUT2D eigenvalue weighted by molar-refractivity contribution is -0.159. The summed E-state index contributed by atoms with van der Waals surface area (Å²) >= 11 is 0. The van der Waals surface area contributed by atoms with Gasteiger partial charge in [-0.15, -0.1) is 0 Å². The van der Waals surface area contributed by atoms with E-state index in [4.69, 9.17) is 9.47 Å². The molecular weight excluding hydrogens is 286 g/mol. The summed E-state index contributed by atoms with van der Waals surface area (Å²) < 4.78 is 10.7. The van der Waals surface area contributed by atoms with E-state index in [9.17, 15) is 14.7 Å². The van der Waals surface area contributed by atoms with Gasteiger partial charge in [0, 0.05) is 12.6 Å². The second-order valence-electron chi connectivity index (χ2n) is 7.52. The Morgan fingerprint density at radius 3 is 2.09 bits per heavy atom. The van der Waals surface area contributed by atoms with Gasteiger partial charge in [0.15, 0.2) is 0 Å². The highest BCUT2D eigenvalue weighted by Crippen LogP contribution is 2.28. The number of carbonyl (C=O) groups excluding carboxylic acids is 2. The fourth-order valence-electron chi connectivity index (χ4n) is 1.98. The van der Waals surface area contributed by atoms with Crippen LogP contribution in [0.3, 0.4) is 0 Å². The van der Waals surface area contributed by atoms with Crippen LogP contribution >= 0.6 is 0 Å². The SMILES string of the molecule is CC(O)C1=CN(C(=O)OC(C)(C)C)[C@H](C(=O)OC(C)(C)C)C1. The molecule has 6 nitrogen and oxygen atoms in total. The number of amides is 1. The third-order valence-electron chi connectivity index (χ3n) is 2.89. The second kappa shape index (κ2) is 6.28. The van der Waals surface area contributed by atoms with Crippen molar-refractivity contribution in [2.24, 2.45) is 0 Å². The first kappa shape index (κ1) is 18.5. The van der Waals surface area contributed by atoms with Crippen molar-refractivity contribution in [1.29, 1.82) is 0 Å². The maximum absolute atomic E-state index is 12.3. The summed E-state index contributed by atoms with van der Waals surface area (Å²) in [6.45, 7) is 12.1. The Labute approximate surface area is 132 Å². The lowest BCUT2D eigenvalue weighted by Crippen LogP contribution is -2.44. The minimum Gasteiger partial charge on any atom is -0.458 e. The summed E-state index contributed by atoms with van der Waals surface area (Å²) in [4.78, 5) is 25.8. The van der Waals surface area contributed by atoms with Crippen molar-refractivity contribution in [2.75, 3.05) is 0 Å². The molecule has 0 aliphatic carbocycles. The van der Waals surface area contributed by atoms with Gasteiger partial charge in [0.05, 0.1) is 6.10 Å². The third kappa shape index (κ3) is 5.33. The Morgan fingerprint density at radius 1 is 1.18 bits per heavy atom. The van der Waals surface area contributed by atoms with E-state index < -0.39 is 35.4 Å². The molecule has 0 bridgehead atoms. The van der Waals surface area contributed by atoms with E-state index in [1.807, 2.05) is 0 Å². The van der Waals surface area contributed by atoms with E-state index in [0.717, 1.165) is 0 Å². The average Bonchev–Trinajstić information content (AvgIpc) is 2.68. The molecule has 0 fully saturated rings. The molecule has 1 heterocycles. The van der Waals surface area contributed by atoms with Crippen molar-refractivity contribution in [3.05, 3.63) is 11.8 Å². The van der Waals surface area contributed by atoms with Crippen LogP contribution in [0.5, 0.6) is 0 Å². The lowest BCUT2D eigenvalue weighted by Gasteiger charge is -2.29. The normalized spacial score (nSPS) is 20.5. The zero-order valence-electron chi connectivity index (χ0n) is 14.5. The molecule has 0 aromatic carbocycles. The van der Waals surface area contributed by atoms with E-state index in [1.54, 1.807) is 48.5 Å². The van der Waals surface area contributed by atoms with Gasteiger partial charge in [-0.3, -0.25) is 4.90 Å². The van der Waals surface area contributed by atoms with Crippen LogP contribution in [0.2, 0.25) is 0 Å². The zero-order valence-corrected chi connectivity index (χ0v) is 14.5. The zero-order chi connectivity index (χ0) is 17.3. The molecular formula is C16H27NO5. The van der Waals surface area contributed by atoms with Gasteiger partial charge in [-0.2, -0.15) is 0 Å². The Balaban J connectivity index is 2.96. The third-order valence-corrected chi connectivity index (χ3v) is 2.89. The van der Waals surface area contributed by atoms with Gasteiger partial charge in [-0.1, -0.05) is 0 Å². The van der Waals surface area contributed by atoms with Gasteiger partial charge in [-0.25, -0.2) is 9.59 Å². The minimum atomic E-state index is -0.807. The quantitative estimate of drug-likeness (QED) is 0.793. The predicted molar refractivity (Wildman–Crippen MR) is 82.1 cm³/mol. The summed E-state index contributed by atoms with van der Waals surface area (Å²) in [6, 6.07) is -0.807. The molecule has 1 aliphatic rings. The second-order valence-corrected chi connectivity index (χ2v) is 7.52. The molecule has 1 amide bonds. The fourth-order valence-corrected chi connectivity index (χ4v) is 1.98. The standard InChI is InChI=1S/C16H27NO5/c1-10(18)11-8-12(13(19)21-15(2,3)4)17(9-11)14(20)22-16(5,6)7/h9-10,12,18H,8H2,1-7H3/t10?,12-/m0/s1. The number of aliphatic hydroxyl groups excluding tert-OH is 1. The molecule has 1 aliphatic heterocycles. The van der Waals surface area contributed by atoms with Crippen molar-refractivity contribution in [3.8, 4) is 0 Å². The van der Waals surface area contributed by atoms with Gasteiger partial charge in [-0.05, 0) is 54.0 Å². The lowest BCUT2D eigenvalue weighted by atomic mass is 10.1. The number of esters is 1. The van der Waals surface area contributed by atoms with Crippen molar-refractivity contribution >= 4 is 12.1 Å². The van der Waals surface area contributed by atoms with Gasteiger partial charge < -0.3 is 14.6 Å². The fraction of sp³-hybridized carbons (Fsp3) is 0.750. The number of carbonyl (C=O) groups is 2. The number of aliphatic hydroxyl groups is 1. The Bertz CT molecular complexity index is 468. The van der Waals surface area contributed by atoms with Crippen LogP contribution in [-0.4, -0.2) is 45.4 Å². The summed E-state index contributed by atoms with van der Waals surface area (Å²) in [6.07, 6.45) is 0.357. The molecule has 0 aromatic rings. The molecule has 0 saturated carbocycles. The first-order chi connectivity index (χ1) is 9.80. The number of hydrogen-bond donors (Lipinski definition) is 1. The van der Waals surface area contributed by atoms with E-state index in [1.165, 1.54) is 11.1 Å². The molecule has 2 atom stereocenters. The predicted octanol–water partition coefficient (Wildman–Crippen LogP) is 2.60. The average molecular weight is 313 g/mol. The smallest absolute Gasteiger partial charge is 0.415 e. The number of nitrogens with zero attached hydrogens (tertiary/aromatic N) is 1. The van der Waals surface area contributed by atoms with E-state index in [2.05, 4.69) is 0 Å². The molecule has 1 rings (SSSR count). The van der Waals surface area contributed by atoms with E-state index >= 15 is 0 Å². The first-order valence-corrected chi connectivity index (χ1v) is 7.43. The molecule has 126 valence electrons. The van der Waals surface area contributed by atoms with E-state index in [-0.39, 0.29) is 6.42 Å². The van der Waals surface area contributed by atoms with Gasteiger partial charge in [0.1, 0.15) is 17.2 Å². The van der Waals surface area contributed by atoms with Gasteiger partial charge >= 0.3 is 12.1 Å². The Hall–Kier alpha value is -1.56. The molecule has 6 heteroatoms. The summed E-state index contributed by atoms with van der Waals surface area (Å²) in [7, 11) is 0. The molecule has 1 unspecified atom stereocenters. The highest BCUT2D eigenvalue weighted by atomic mass is 16.6. The van der Waals surface area contributed by atoms with Crippen molar-refractivity contribution in [2.45, 2.75) is 78.2 Å². The van der Waals surface area contributed by atoms with Gasteiger partial charge in [0.2, 0.25) is 0 Å². The molecule has 1 N–H and O–H groups in total. The van der Waals surface area contributed by atoms with Crippen LogP contribution in [0.4, 0.5) is 4.79 Å². The number of ether oxygens (including phenoxy) is 2. The minimum absolute atomic E-state index is 0.242. The summed E-state index contributed by atoms with van der Waals surface area (Å²) in [5.74, 6) is -0.509. The monoisotopic (exact) mass is 313 g/mol. The first-order valence-electron chi connectivity index (χ1n) is 7.43. The number of rotatable bonds is 2. The molecule has 22 heavy (non-hydrogen) atoms. The highest BCUT2D eigenvalue weighted by molar-refractivity contribution is 5.84. The van der Waals surface area contributed by atoms with Crippen LogP contribution in [0.1, 0.15) is 54.9 Å². The van der Waals surface area contributed by atoms with Crippen molar-refractivity contribution in [1.82, 2.24) is 4.90 Å². The van der Waals surface area contributed by atoms with Gasteiger partial charge in [0.25, 0.3) is 0 Å². The van der Waals surface area contributed by atoms with Crippen LogP contribution in [0, 0.1) is 0 Å². The Morgan fingerprint density at radius 2 is 1.68 bits per heavy atom. The maximum Gasteiger partial charge on any atom is 0.415 e. The summed E-state index contributed by atoms with van der Waals surface area (Å²) in [5, 5.41) is 9.72. The van der Waals surface area contributed by atoms with Crippen LogP contribution < -0.4 is 0 Å². The molecule has 0 radical (unpaired) electrons. The topological polar surface area (TPSA) is 76.1 Å².